The van der Waals surface area contributed by atoms with E-state index in [1.54, 1.807) is 0 Å². The molecule has 0 aliphatic carbocycles. The molecule has 3 rings (SSSR count). The monoisotopic (exact) mass is 290 g/mol. The maximum atomic E-state index is 12.6. The third kappa shape index (κ3) is 3.47. The molecule has 0 saturated carbocycles. The molecule has 21 heavy (non-hydrogen) atoms. The van der Waals surface area contributed by atoms with E-state index in [4.69, 9.17) is 0 Å². The van der Waals surface area contributed by atoms with E-state index in [1.807, 2.05) is 12.1 Å². The van der Waals surface area contributed by atoms with Crippen molar-refractivity contribution in [1.29, 1.82) is 0 Å². The molecule has 0 radical (unpaired) electrons. The number of piperidine rings is 2. The molecule has 116 valence electrons. The predicted octanol–water partition coefficient (Wildman–Crippen LogP) is 1.24. The molecule has 1 amide bonds. The summed E-state index contributed by atoms with van der Waals surface area (Å²) in [5.41, 5.74) is 0.815. The molecule has 5 heteroatoms. The summed E-state index contributed by atoms with van der Waals surface area (Å²) in [6.07, 6.45) is 6.50. The average Bonchev–Trinajstić information content (AvgIpc) is 2.98. The highest BCUT2D eigenvalue weighted by molar-refractivity contribution is 5.93. The first-order valence-electron chi connectivity index (χ1n) is 8.11. The number of likely N-dealkylation sites (N-methyl/N-ethyl adjacent to an activating group) is 1. The van der Waals surface area contributed by atoms with Gasteiger partial charge in [-0.25, -0.2) is 0 Å². The van der Waals surface area contributed by atoms with Gasteiger partial charge in [-0.2, -0.15) is 0 Å². The number of aromatic nitrogens is 1. The number of carbonyl (C=O) groups excluding carboxylic acids is 1. The van der Waals surface area contributed by atoms with Crippen molar-refractivity contribution in [3.8, 4) is 0 Å². The minimum atomic E-state index is 0.0823. The van der Waals surface area contributed by atoms with Gasteiger partial charge >= 0.3 is 0 Å². The fourth-order valence-electron chi connectivity index (χ4n) is 3.53. The van der Waals surface area contributed by atoms with Crippen LogP contribution in [-0.2, 0) is 0 Å². The van der Waals surface area contributed by atoms with Gasteiger partial charge in [-0.1, -0.05) is 0 Å². The molecular weight excluding hydrogens is 264 g/mol. The highest BCUT2D eigenvalue weighted by atomic mass is 16.2. The van der Waals surface area contributed by atoms with Gasteiger partial charge < -0.3 is 20.1 Å². The van der Waals surface area contributed by atoms with Crippen molar-refractivity contribution in [2.45, 2.75) is 37.8 Å². The van der Waals surface area contributed by atoms with E-state index in [1.165, 1.54) is 0 Å². The van der Waals surface area contributed by atoms with Gasteiger partial charge in [-0.15, -0.1) is 0 Å². The lowest BCUT2D eigenvalue weighted by molar-refractivity contribution is 0.0899. The summed E-state index contributed by atoms with van der Waals surface area (Å²) >= 11 is 0. The van der Waals surface area contributed by atoms with Crippen LogP contribution < -0.4 is 10.6 Å². The van der Waals surface area contributed by atoms with Crippen LogP contribution in [0.4, 0.5) is 0 Å². The average molecular weight is 290 g/mol. The lowest BCUT2D eigenvalue weighted by atomic mass is 10.1. The van der Waals surface area contributed by atoms with Gasteiger partial charge in [0.25, 0.3) is 5.91 Å². The standard InChI is InChI=1S/C16H26N4O/c1-19-10-2-4-13(12-19)18-16(21)15-5-3-11-20(15)14-6-8-17-9-7-14/h3,5,11,13-14,17H,2,4,6-10,12H2,1H3,(H,18,21). The molecule has 2 saturated heterocycles. The molecule has 1 aromatic heterocycles. The lowest BCUT2D eigenvalue weighted by Gasteiger charge is -2.31. The maximum Gasteiger partial charge on any atom is 0.268 e. The minimum Gasteiger partial charge on any atom is -0.347 e. The first-order valence-corrected chi connectivity index (χ1v) is 8.11. The van der Waals surface area contributed by atoms with Gasteiger partial charge in [-0.3, -0.25) is 4.79 Å². The Morgan fingerprint density at radius 1 is 1.33 bits per heavy atom. The molecule has 2 aliphatic rings. The maximum absolute atomic E-state index is 12.6. The van der Waals surface area contributed by atoms with E-state index in [-0.39, 0.29) is 11.9 Å². The second kappa shape index (κ2) is 6.62. The van der Waals surface area contributed by atoms with Gasteiger partial charge in [0.2, 0.25) is 0 Å². The van der Waals surface area contributed by atoms with Gasteiger partial charge in [-0.05, 0) is 64.5 Å². The number of hydrogen-bond acceptors (Lipinski definition) is 3. The van der Waals surface area contributed by atoms with E-state index in [0.717, 1.165) is 57.6 Å². The second-order valence-electron chi connectivity index (χ2n) is 6.36. The molecule has 0 aromatic carbocycles. The molecule has 0 spiro atoms. The second-order valence-corrected chi connectivity index (χ2v) is 6.36. The van der Waals surface area contributed by atoms with E-state index in [9.17, 15) is 4.79 Å². The van der Waals surface area contributed by atoms with E-state index >= 15 is 0 Å². The summed E-state index contributed by atoms with van der Waals surface area (Å²) in [5.74, 6) is 0.0823. The van der Waals surface area contributed by atoms with Gasteiger partial charge in [0.1, 0.15) is 5.69 Å². The normalized spacial score (nSPS) is 24.9. The SMILES string of the molecule is CN1CCCC(NC(=O)c2cccn2C2CCNCC2)C1. The van der Waals surface area contributed by atoms with Crippen molar-refractivity contribution in [3.63, 3.8) is 0 Å². The van der Waals surface area contributed by atoms with E-state index in [0.29, 0.717) is 6.04 Å². The molecule has 1 aromatic rings. The van der Waals surface area contributed by atoms with Crippen LogP contribution in [0.3, 0.4) is 0 Å². The largest absolute Gasteiger partial charge is 0.347 e. The lowest BCUT2D eigenvalue weighted by Crippen LogP contribution is -2.46. The Morgan fingerprint density at radius 2 is 2.14 bits per heavy atom. The van der Waals surface area contributed by atoms with Crippen LogP contribution >= 0.6 is 0 Å². The Bertz CT molecular complexity index is 478. The van der Waals surface area contributed by atoms with Gasteiger partial charge in [0.15, 0.2) is 0 Å². The third-order valence-electron chi connectivity index (χ3n) is 4.67. The van der Waals surface area contributed by atoms with Crippen LogP contribution in [0.2, 0.25) is 0 Å². The number of amides is 1. The van der Waals surface area contributed by atoms with Crippen molar-refractivity contribution in [3.05, 3.63) is 24.0 Å². The first kappa shape index (κ1) is 14.6. The zero-order chi connectivity index (χ0) is 14.7. The summed E-state index contributed by atoms with van der Waals surface area (Å²) in [5, 5.41) is 6.59. The van der Waals surface area contributed by atoms with E-state index < -0.39 is 0 Å². The Kier molecular flexibility index (Phi) is 4.60. The molecule has 3 heterocycles. The smallest absolute Gasteiger partial charge is 0.268 e. The molecular formula is C16H26N4O. The molecule has 2 aliphatic heterocycles. The van der Waals surface area contributed by atoms with Crippen molar-refractivity contribution in [1.82, 2.24) is 20.1 Å². The summed E-state index contributed by atoms with van der Waals surface area (Å²) < 4.78 is 2.17. The Morgan fingerprint density at radius 3 is 2.90 bits per heavy atom. The van der Waals surface area contributed by atoms with Gasteiger partial charge in [0.05, 0.1) is 0 Å². The number of nitrogens with one attached hydrogen (secondary N) is 2. The number of nitrogens with zero attached hydrogens (tertiary/aromatic N) is 2. The topological polar surface area (TPSA) is 49.3 Å². The Balaban J connectivity index is 1.65. The van der Waals surface area contributed by atoms with Crippen LogP contribution in [0.1, 0.15) is 42.2 Å². The predicted molar refractivity (Wildman–Crippen MR) is 83.6 cm³/mol. The van der Waals surface area contributed by atoms with Crippen molar-refractivity contribution in [2.24, 2.45) is 0 Å². The zero-order valence-electron chi connectivity index (χ0n) is 12.8. The molecule has 0 bridgehead atoms. The number of hydrogen-bond donors (Lipinski definition) is 2. The van der Waals surface area contributed by atoms with Crippen LogP contribution in [0, 0.1) is 0 Å². The van der Waals surface area contributed by atoms with Crippen LogP contribution in [0.25, 0.3) is 0 Å². The van der Waals surface area contributed by atoms with E-state index in [2.05, 4.69) is 33.3 Å². The number of rotatable bonds is 3. The highest BCUT2D eigenvalue weighted by Crippen LogP contribution is 2.21. The molecule has 2 fully saturated rings. The van der Waals surface area contributed by atoms with Gasteiger partial charge in [0, 0.05) is 24.8 Å². The fourth-order valence-corrected chi connectivity index (χ4v) is 3.53. The first-order chi connectivity index (χ1) is 10.2. The van der Waals surface area contributed by atoms with Crippen molar-refractivity contribution in [2.75, 3.05) is 33.2 Å². The quantitative estimate of drug-likeness (QED) is 0.880. The van der Waals surface area contributed by atoms with Crippen molar-refractivity contribution >= 4 is 5.91 Å². The third-order valence-corrected chi connectivity index (χ3v) is 4.67. The summed E-state index contributed by atoms with van der Waals surface area (Å²) in [6.45, 7) is 4.17. The molecule has 1 unspecified atom stereocenters. The summed E-state index contributed by atoms with van der Waals surface area (Å²) in [7, 11) is 2.12. The summed E-state index contributed by atoms with van der Waals surface area (Å²) in [4.78, 5) is 14.9. The Labute approximate surface area is 126 Å². The molecule has 2 N–H and O–H groups in total. The Hall–Kier alpha value is -1.33. The van der Waals surface area contributed by atoms with Crippen molar-refractivity contribution < 1.29 is 4.79 Å². The molecule has 5 nitrogen and oxygen atoms in total. The minimum absolute atomic E-state index is 0.0823. The number of carbonyl (C=O) groups is 1. The van der Waals surface area contributed by atoms with Crippen LogP contribution in [-0.4, -0.2) is 54.6 Å². The number of likely N-dealkylation sites (tertiary alicyclic amines) is 1. The zero-order valence-corrected chi connectivity index (χ0v) is 12.8. The highest BCUT2D eigenvalue weighted by Gasteiger charge is 2.23. The molecule has 1 atom stereocenters. The summed E-state index contributed by atoms with van der Waals surface area (Å²) in [6, 6.07) is 4.68. The van der Waals surface area contributed by atoms with Crippen LogP contribution in [0.5, 0.6) is 0 Å². The fraction of sp³-hybridized carbons (Fsp3) is 0.688. The van der Waals surface area contributed by atoms with Crippen LogP contribution in [0.15, 0.2) is 18.3 Å².